The third-order valence-corrected chi connectivity index (χ3v) is 5.23. The molecule has 0 aliphatic heterocycles. The fourth-order valence-electron chi connectivity index (χ4n) is 4.06. The molecule has 0 aromatic heterocycles. The molecule has 3 atom stereocenters. The van der Waals surface area contributed by atoms with Crippen molar-refractivity contribution in [3.8, 4) is 0 Å². The first kappa shape index (κ1) is 11.8. The van der Waals surface area contributed by atoms with Crippen LogP contribution in [-0.2, 0) is 0 Å². The molecule has 0 amide bonds. The zero-order chi connectivity index (χ0) is 11.7. The van der Waals surface area contributed by atoms with Crippen molar-refractivity contribution in [1.82, 2.24) is 10.6 Å². The van der Waals surface area contributed by atoms with E-state index in [1.54, 1.807) is 0 Å². The summed E-state index contributed by atoms with van der Waals surface area (Å²) < 4.78 is 0. The predicted octanol–water partition coefficient (Wildman–Crippen LogP) is 2.97. The van der Waals surface area contributed by atoms with Gasteiger partial charge in [-0.3, -0.25) is 0 Å². The van der Waals surface area contributed by atoms with Crippen LogP contribution >= 0.6 is 12.2 Å². The van der Waals surface area contributed by atoms with Crippen LogP contribution in [0.3, 0.4) is 0 Å². The van der Waals surface area contributed by atoms with E-state index in [-0.39, 0.29) is 0 Å². The first-order valence-corrected chi connectivity index (χ1v) is 7.79. The highest BCUT2D eigenvalue weighted by Crippen LogP contribution is 2.44. The van der Waals surface area contributed by atoms with E-state index in [2.05, 4.69) is 10.6 Å². The van der Waals surface area contributed by atoms with Gasteiger partial charge >= 0.3 is 0 Å². The smallest absolute Gasteiger partial charge is 0.166 e. The monoisotopic (exact) mass is 252 g/mol. The minimum Gasteiger partial charge on any atom is -0.360 e. The normalized spacial score (nSPS) is 37.1. The van der Waals surface area contributed by atoms with Crippen molar-refractivity contribution in [3.63, 3.8) is 0 Å². The molecule has 0 aromatic carbocycles. The number of rotatable bonds is 2. The fourth-order valence-corrected chi connectivity index (χ4v) is 4.38. The zero-order valence-electron chi connectivity index (χ0n) is 10.6. The molecule has 3 heteroatoms. The molecule has 0 radical (unpaired) electrons. The molecule has 2 nitrogen and oxygen atoms in total. The second-order valence-corrected chi connectivity index (χ2v) is 6.64. The van der Waals surface area contributed by atoms with Crippen molar-refractivity contribution in [1.29, 1.82) is 0 Å². The van der Waals surface area contributed by atoms with E-state index in [0.29, 0.717) is 12.1 Å². The maximum absolute atomic E-state index is 5.46. The van der Waals surface area contributed by atoms with Crippen LogP contribution in [0.2, 0.25) is 0 Å². The topological polar surface area (TPSA) is 24.1 Å². The third-order valence-electron chi connectivity index (χ3n) is 4.99. The minimum atomic E-state index is 0.641. The van der Waals surface area contributed by atoms with Gasteiger partial charge < -0.3 is 10.6 Å². The molecule has 0 saturated heterocycles. The summed E-state index contributed by atoms with van der Waals surface area (Å²) in [5, 5.41) is 8.03. The molecule has 3 fully saturated rings. The van der Waals surface area contributed by atoms with E-state index in [1.165, 1.54) is 57.8 Å². The lowest BCUT2D eigenvalue weighted by Gasteiger charge is -2.28. The number of thiocarbonyl (C=S) groups is 1. The first-order chi connectivity index (χ1) is 8.31. The highest BCUT2D eigenvalue weighted by atomic mass is 32.1. The van der Waals surface area contributed by atoms with Crippen LogP contribution in [0, 0.1) is 11.8 Å². The second-order valence-electron chi connectivity index (χ2n) is 6.23. The van der Waals surface area contributed by atoms with Gasteiger partial charge in [-0.05, 0) is 56.2 Å². The summed E-state index contributed by atoms with van der Waals surface area (Å²) in [5.74, 6) is 1.90. The van der Waals surface area contributed by atoms with Gasteiger partial charge in [0.2, 0.25) is 0 Å². The number of hydrogen-bond acceptors (Lipinski definition) is 1. The van der Waals surface area contributed by atoms with Crippen LogP contribution < -0.4 is 10.6 Å². The molecule has 3 rings (SSSR count). The Morgan fingerprint density at radius 1 is 0.882 bits per heavy atom. The van der Waals surface area contributed by atoms with E-state index in [9.17, 15) is 0 Å². The Balaban J connectivity index is 1.44. The van der Waals surface area contributed by atoms with Gasteiger partial charge in [-0.25, -0.2) is 0 Å². The summed E-state index contributed by atoms with van der Waals surface area (Å²) in [6.07, 6.45) is 12.4. The predicted molar refractivity (Wildman–Crippen MR) is 75.0 cm³/mol. The van der Waals surface area contributed by atoms with Crippen LogP contribution in [0.1, 0.15) is 57.8 Å². The van der Waals surface area contributed by atoms with Crippen LogP contribution in [0.5, 0.6) is 0 Å². The van der Waals surface area contributed by atoms with Crippen LogP contribution in [-0.4, -0.2) is 17.2 Å². The summed E-state index contributed by atoms with van der Waals surface area (Å²) in [4.78, 5) is 0. The summed E-state index contributed by atoms with van der Waals surface area (Å²) in [6.45, 7) is 0. The summed E-state index contributed by atoms with van der Waals surface area (Å²) in [7, 11) is 0. The zero-order valence-corrected chi connectivity index (χ0v) is 11.4. The van der Waals surface area contributed by atoms with Crippen molar-refractivity contribution in [2.75, 3.05) is 0 Å². The number of hydrogen-bond donors (Lipinski definition) is 2. The molecule has 2 bridgehead atoms. The Kier molecular flexibility index (Phi) is 3.55. The molecule has 3 aliphatic rings. The molecule has 0 spiro atoms. The van der Waals surface area contributed by atoms with Crippen molar-refractivity contribution >= 4 is 17.3 Å². The van der Waals surface area contributed by atoms with Crippen LogP contribution in [0.4, 0.5) is 0 Å². The quantitative estimate of drug-likeness (QED) is 0.739. The first-order valence-electron chi connectivity index (χ1n) is 7.38. The Hall–Kier alpha value is -0.310. The van der Waals surface area contributed by atoms with Gasteiger partial charge in [-0.2, -0.15) is 0 Å². The number of nitrogens with one attached hydrogen (secondary N) is 2. The van der Waals surface area contributed by atoms with E-state index in [4.69, 9.17) is 12.2 Å². The highest BCUT2D eigenvalue weighted by molar-refractivity contribution is 7.80. The summed E-state index contributed by atoms with van der Waals surface area (Å²) >= 11 is 5.46. The number of fused-ring (bicyclic) bond motifs is 2. The maximum Gasteiger partial charge on any atom is 0.166 e. The Morgan fingerprint density at radius 2 is 1.71 bits per heavy atom. The lowest BCUT2D eigenvalue weighted by molar-refractivity contribution is 0.378. The van der Waals surface area contributed by atoms with Crippen molar-refractivity contribution in [3.05, 3.63) is 0 Å². The van der Waals surface area contributed by atoms with Gasteiger partial charge in [0.15, 0.2) is 5.11 Å². The molecule has 0 aromatic rings. The molecule has 3 saturated carbocycles. The Labute approximate surface area is 110 Å². The van der Waals surface area contributed by atoms with Gasteiger partial charge in [0.25, 0.3) is 0 Å². The largest absolute Gasteiger partial charge is 0.360 e. The van der Waals surface area contributed by atoms with Crippen molar-refractivity contribution in [2.24, 2.45) is 11.8 Å². The van der Waals surface area contributed by atoms with Gasteiger partial charge in [-0.15, -0.1) is 0 Å². The van der Waals surface area contributed by atoms with Crippen LogP contribution in [0.15, 0.2) is 0 Å². The molecule has 3 unspecified atom stereocenters. The molecular formula is C14H24N2S. The second kappa shape index (κ2) is 5.13. The van der Waals surface area contributed by atoms with Crippen molar-refractivity contribution < 1.29 is 0 Å². The Morgan fingerprint density at radius 3 is 2.35 bits per heavy atom. The van der Waals surface area contributed by atoms with Gasteiger partial charge in [0, 0.05) is 12.1 Å². The fraction of sp³-hybridized carbons (Fsp3) is 0.929. The molecule has 3 aliphatic carbocycles. The third kappa shape index (κ3) is 2.75. The maximum atomic E-state index is 5.46. The average molecular weight is 252 g/mol. The van der Waals surface area contributed by atoms with E-state index >= 15 is 0 Å². The SMILES string of the molecule is S=C(NC1CCCCC1)NC1CC2CCC1C2. The van der Waals surface area contributed by atoms with E-state index in [0.717, 1.165) is 16.9 Å². The molecule has 96 valence electrons. The summed E-state index contributed by atoms with van der Waals surface area (Å²) in [6, 6.07) is 1.32. The van der Waals surface area contributed by atoms with Gasteiger partial charge in [0.05, 0.1) is 0 Å². The molecule has 17 heavy (non-hydrogen) atoms. The lowest BCUT2D eigenvalue weighted by atomic mass is 9.95. The van der Waals surface area contributed by atoms with Gasteiger partial charge in [0.1, 0.15) is 0 Å². The van der Waals surface area contributed by atoms with E-state index < -0.39 is 0 Å². The Bertz CT molecular complexity index is 286. The van der Waals surface area contributed by atoms with Crippen LogP contribution in [0.25, 0.3) is 0 Å². The lowest BCUT2D eigenvalue weighted by Crippen LogP contribution is -2.48. The average Bonchev–Trinajstić information content (AvgIpc) is 2.92. The molecule has 0 heterocycles. The standard InChI is InChI=1S/C14H24N2S/c17-14(15-12-4-2-1-3-5-12)16-13-9-10-6-7-11(13)8-10/h10-13H,1-9H2,(H2,15,16,17). The van der Waals surface area contributed by atoms with Gasteiger partial charge in [-0.1, -0.05) is 25.7 Å². The molecule has 2 N–H and O–H groups in total. The highest BCUT2D eigenvalue weighted by Gasteiger charge is 2.39. The van der Waals surface area contributed by atoms with Crippen molar-refractivity contribution in [2.45, 2.75) is 69.9 Å². The minimum absolute atomic E-state index is 0.641. The molecular weight excluding hydrogens is 228 g/mol. The van der Waals surface area contributed by atoms with E-state index in [1.807, 2.05) is 0 Å². The summed E-state index contributed by atoms with van der Waals surface area (Å²) in [5.41, 5.74) is 0.